The third-order valence-electron chi connectivity index (χ3n) is 3.27. The molecule has 0 radical (unpaired) electrons. The highest BCUT2D eigenvalue weighted by Crippen LogP contribution is 2.33. The van der Waals surface area contributed by atoms with Crippen molar-refractivity contribution in [3.8, 4) is 0 Å². The Balaban J connectivity index is 1.60. The normalized spacial score (nSPS) is 10.9. The largest absolute Gasteiger partial charge is 0.354 e. The summed E-state index contributed by atoms with van der Waals surface area (Å²) in [4.78, 5) is 20.3. The highest BCUT2D eigenvalue weighted by molar-refractivity contribution is 7.29. The van der Waals surface area contributed by atoms with Gasteiger partial charge in [-0.1, -0.05) is 35.1 Å². The molecule has 120 valence electrons. The van der Waals surface area contributed by atoms with Crippen molar-refractivity contribution in [2.24, 2.45) is 0 Å². The number of carbonyl (C=O) groups excluding carboxylic acids is 1. The van der Waals surface area contributed by atoms with Gasteiger partial charge in [0.25, 0.3) is 5.91 Å². The maximum Gasteiger partial charge on any atom is 0.261 e. The molecule has 0 saturated carbocycles. The quantitative estimate of drug-likeness (QED) is 0.741. The number of nitrogens with one attached hydrogen (secondary N) is 1. The summed E-state index contributed by atoms with van der Waals surface area (Å²) in [6, 6.07) is 9.60. The van der Waals surface area contributed by atoms with Gasteiger partial charge in [-0.05, 0) is 30.2 Å². The molecule has 0 saturated heterocycles. The lowest BCUT2D eigenvalue weighted by atomic mass is 10.1. The van der Waals surface area contributed by atoms with Crippen LogP contribution in [0.5, 0.6) is 0 Å². The van der Waals surface area contributed by atoms with E-state index in [9.17, 15) is 4.79 Å². The van der Waals surface area contributed by atoms with Crippen LogP contribution in [-0.4, -0.2) is 31.5 Å². The maximum atomic E-state index is 12.2. The molecule has 2 heterocycles. The smallest absolute Gasteiger partial charge is 0.261 e. The fraction of sp³-hybridized carbons (Fsp3) is 0.250. The number of halogens is 1. The summed E-state index contributed by atoms with van der Waals surface area (Å²) >= 11 is 8.98. The van der Waals surface area contributed by atoms with E-state index in [-0.39, 0.29) is 5.91 Å². The number of benzene rings is 1. The van der Waals surface area contributed by atoms with Crippen molar-refractivity contribution in [1.82, 2.24) is 10.3 Å². The highest BCUT2D eigenvalue weighted by Gasteiger charge is 2.14. The molecule has 7 heteroatoms. The lowest BCUT2D eigenvalue weighted by molar-refractivity contribution is 0.0958. The average Bonchev–Trinajstić information content (AvgIpc) is 3.05. The molecular weight excluding hydrogens is 350 g/mol. The zero-order chi connectivity index (χ0) is 16.4. The predicted octanol–water partition coefficient (Wildman–Crippen LogP) is 4.05. The molecule has 1 aromatic carbocycles. The van der Waals surface area contributed by atoms with Crippen LogP contribution in [0.3, 0.4) is 0 Å². The number of aromatic nitrogens is 1. The Morgan fingerprint density at radius 2 is 2.13 bits per heavy atom. The molecular formula is C16H16ClN3OS2. The third-order valence-corrected chi connectivity index (χ3v) is 5.83. The summed E-state index contributed by atoms with van der Waals surface area (Å²) in [7, 11) is 3.93. The second-order valence-corrected chi connectivity index (χ2v) is 7.78. The van der Waals surface area contributed by atoms with Crippen LogP contribution in [-0.2, 0) is 6.42 Å². The van der Waals surface area contributed by atoms with Gasteiger partial charge in [0.2, 0.25) is 0 Å². The molecule has 3 rings (SSSR count). The van der Waals surface area contributed by atoms with E-state index in [0.717, 1.165) is 31.7 Å². The first-order chi connectivity index (χ1) is 11.0. The molecule has 0 spiro atoms. The van der Waals surface area contributed by atoms with Crippen molar-refractivity contribution < 1.29 is 4.79 Å². The van der Waals surface area contributed by atoms with E-state index < -0.39 is 0 Å². The first-order valence-corrected chi connectivity index (χ1v) is 9.14. The maximum absolute atomic E-state index is 12.2. The molecule has 2 aromatic heterocycles. The van der Waals surface area contributed by atoms with Gasteiger partial charge >= 0.3 is 0 Å². The van der Waals surface area contributed by atoms with Crippen molar-refractivity contribution in [3.63, 3.8) is 0 Å². The standard InChI is InChI=1S/C16H16ClN3OS2/c1-20(2)16-19-15-13(23-16)9-12(22-15)14(21)18-7-6-10-4-3-5-11(17)8-10/h3-5,8-9H,6-7H2,1-2H3,(H,18,21). The SMILES string of the molecule is CN(C)c1nc2sc(C(=O)NCCc3cccc(Cl)c3)cc2s1. The first kappa shape index (κ1) is 16.2. The van der Waals surface area contributed by atoms with Gasteiger partial charge in [-0.3, -0.25) is 4.79 Å². The van der Waals surface area contributed by atoms with Crippen molar-refractivity contribution in [2.75, 3.05) is 25.5 Å². The van der Waals surface area contributed by atoms with E-state index in [1.54, 1.807) is 11.3 Å². The van der Waals surface area contributed by atoms with Gasteiger partial charge in [-0.25, -0.2) is 4.98 Å². The van der Waals surface area contributed by atoms with E-state index in [2.05, 4.69) is 10.3 Å². The second-order valence-electron chi connectivity index (χ2n) is 5.31. The molecule has 0 aliphatic rings. The minimum absolute atomic E-state index is 0.0476. The second kappa shape index (κ2) is 6.86. The molecule has 0 aliphatic carbocycles. The summed E-state index contributed by atoms with van der Waals surface area (Å²) in [5, 5.41) is 4.63. The number of rotatable bonds is 5. The predicted molar refractivity (Wildman–Crippen MR) is 99.3 cm³/mol. The van der Waals surface area contributed by atoms with Crippen molar-refractivity contribution in [1.29, 1.82) is 0 Å². The molecule has 1 amide bonds. The fourth-order valence-corrected chi connectivity index (χ4v) is 4.39. The van der Waals surface area contributed by atoms with Gasteiger partial charge < -0.3 is 10.2 Å². The average molecular weight is 366 g/mol. The topological polar surface area (TPSA) is 45.2 Å². The molecule has 0 bridgehead atoms. The molecule has 0 atom stereocenters. The van der Waals surface area contributed by atoms with Crippen LogP contribution in [0.2, 0.25) is 5.02 Å². The summed E-state index contributed by atoms with van der Waals surface area (Å²) in [5.41, 5.74) is 1.11. The Morgan fingerprint density at radius 1 is 1.30 bits per heavy atom. The van der Waals surface area contributed by atoms with E-state index in [0.29, 0.717) is 11.4 Å². The van der Waals surface area contributed by atoms with Crippen molar-refractivity contribution in [3.05, 3.63) is 45.8 Å². The minimum Gasteiger partial charge on any atom is -0.354 e. The number of thiazole rings is 1. The van der Waals surface area contributed by atoms with Crippen LogP contribution < -0.4 is 10.2 Å². The molecule has 3 aromatic rings. The van der Waals surface area contributed by atoms with Gasteiger partial charge in [-0.15, -0.1) is 11.3 Å². The lowest BCUT2D eigenvalue weighted by Gasteiger charge is -2.05. The number of fused-ring (bicyclic) bond motifs is 1. The van der Waals surface area contributed by atoms with Gasteiger partial charge in [-0.2, -0.15) is 0 Å². The van der Waals surface area contributed by atoms with Crippen LogP contribution >= 0.6 is 34.3 Å². The zero-order valence-electron chi connectivity index (χ0n) is 12.8. The molecule has 0 aliphatic heterocycles. The van der Waals surface area contributed by atoms with Gasteiger partial charge in [0, 0.05) is 25.7 Å². The highest BCUT2D eigenvalue weighted by atomic mass is 35.5. The summed E-state index contributed by atoms with van der Waals surface area (Å²) in [6.07, 6.45) is 0.759. The Morgan fingerprint density at radius 3 is 2.83 bits per heavy atom. The third kappa shape index (κ3) is 3.83. The van der Waals surface area contributed by atoms with E-state index in [4.69, 9.17) is 11.6 Å². The fourth-order valence-electron chi connectivity index (χ4n) is 2.13. The number of amides is 1. The first-order valence-electron chi connectivity index (χ1n) is 7.13. The number of carbonyl (C=O) groups is 1. The van der Waals surface area contributed by atoms with Crippen molar-refractivity contribution in [2.45, 2.75) is 6.42 Å². The minimum atomic E-state index is -0.0476. The van der Waals surface area contributed by atoms with Crippen molar-refractivity contribution >= 4 is 54.8 Å². The van der Waals surface area contributed by atoms with E-state index >= 15 is 0 Å². The Hall–Kier alpha value is -1.63. The van der Waals surface area contributed by atoms with Gasteiger partial charge in [0.15, 0.2) is 5.13 Å². The van der Waals surface area contributed by atoms with Crippen LogP contribution in [0.15, 0.2) is 30.3 Å². The van der Waals surface area contributed by atoms with E-state index in [1.165, 1.54) is 11.3 Å². The number of hydrogen-bond donors (Lipinski definition) is 1. The lowest BCUT2D eigenvalue weighted by Crippen LogP contribution is -2.24. The summed E-state index contributed by atoms with van der Waals surface area (Å²) < 4.78 is 1.05. The monoisotopic (exact) mass is 365 g/mol. The van der Waals surface area contributed by atoms with Crippen LogP contribution in [0.25, 0.3) is 9.53 Å². The number of nitrogens with zero attached hydrogens (tertiary/aromatic N) is 2. The Kier molecular flexibility index (Phi) is 4.84. The molecule has 23 heavy (non-hydrogen) atoms. The summed E-state index contributed by atoms with van der Waals surface area (Å²) in [6.45, 7) is 0.584. The van der Waals surface area contributed by atoms with Crippen LogP contribution in [0, 0.1) is 0 Å². The molecule has 1 N–H and O–H groups in total. The van der Waals surface area contributed by atoms with Gasteiger partial charge in [0.1, 0.15) is 4.83 Å². The molecule has 4 nitrogen and oxygen atoms in total. The van der Waals surface area contributed by atoms with Crippen LogP contribution in [0.4, 0.5) is 5.13 Å². The van der Waals surface area contributed by atoms with Crippen LogP contribution in [0.1, 0.15) is 15.2 Å². The Bertz CT molecular complexity index is 809. The Labute approximate surface area is 147 Å². The van der Waals surface area contributed by atoms with E-state index in [1.807, 2.05) is 49.3 Å². The summed E-state index contributed by atoms with van der Waals surface area (Å²) in [5.74, 6) is -0.0476. The number of thiophene rings is 1. The van der Waals surface area contributed by atoms with Gasteiger partial charge in [0.05, 0.1) is 9.58 Å². The molecule has 0 fully saturated rings. The zero-order valence-corrected chi connectivity index (χ0v) is 15.2. The molecule has 0 unspecified atom stereocenters. The number of hydrogen-bond acceptors (Lipinski definition) is 5. The number of anilines is 1.